The molecule has 206 valence electrons. The van der Waals surface area contributed by atoms with Crippen molar-refractivity contribution in [3.63, 3.8) is 0 Å². The van der Waals surface area contributed by atoms with Gasteiger partial charge in [0.2, 0.25) is 5.95 Å². The zero-order valence-electron chi connectivity index (χ0n) is 21.8. The van der Waals surface area contributed by atoms with Gasteiger partial charge in [-0.3, -0.25) is 9.59 Å². The number of ether oxygens (including phenoxy) is 1. The van der Waals surface area contributed by atoms with Gasteiger partial charge in [0.15, 0.2) is 11.6 Å². The first-order chi connectivity index (χ1) is 19.3. The molecular weight excluding hydrogens is 516 g/mol. The fourth-order valence-corrected chi connectivity index (χ4v) is 4.90. The summed E-state index contributed by atoms with van der Waals surface area (Å²) in [6.07, 6.45) is 2.45. The van der Waals surface area contributed by atoms with E-state index in [-0.39, 0.29) is 36.1 Å². The van der Waals surface area contributed by atoms with Crippen LogP contribution in [0.15, 0.2) is 54.6 Å². The summed E-state index contributed by atoms with van der Waals surface area (Å²) in [5.41, 5.74) is 15.2. The first-order valence-electron chi connectivity index (χ1n) is 13.1. The molecule has 1 aliphatic rings. The van der Waals surface area contributed by atoms with E-state index in [0.29, 0.717) is 48.1 Å². The van der Waals surface area contributed by atoms with Crippen LogP contribution in [0.25, 0.3) is 22.0 Å². The van der Waals surface area contributed by atoms with Crippen molar-refractivity contribution in [2.75, 3.05) is 12.3 Å². The van der Waals surface area contributed by atoms with Gasteiger partial charge >= 0.3 is 5.97 Å². The van der Waals surface area contributed by atoms with E-state index in [9.17, 15) is 18.4 Å². The number of esters is 1. The number of unbranched alkanes of at least 4 members (excludes halogenated alkanes) is 2. The van der Waals surface area contributed by atoms with Crippen molar-refractivity contribution < 1.29 is 23.1 Å². The van der Waals surface area contributed by atoms with E-state index in [2.05, 4.69) is 9.97 Å². The molecule has 8 nitrogen and oxygen atoms in total. The fourth-order valence-electron chi connectivity index (χ4n) is 4.90. The molecule has 1 aromatic heterocycles. The zero-order valence-corrected chi connectivity index (χ0v) is 21.8. The van der Waals surface area contributed by atoms with E-state index in [1.165, 1.54) is 0 Å². The van der Waals surface area contributed by atoms with E-state index >= 15 is 0 Å². The van der Waals surface area contributed by atoms with Crippen molar-refractivity contribution in [2.45, 2.75) is 45.4 Å². The second kappa shape index (κ2) is 11.7. The number of anilines is 1. The second-order valence-electron chi connectivity index (χ2n) is 9.78. The summed E-state index contributed by atoms with van der Waals surface area (Å²) in [6, 6.07) is 14.8. The molecule has 10 heteroatoms. The topological polar surface area (TPSA) is 124 Å². The van der Waals surface area contributed by atoms with Gasteiger partial charge in [0.05, 0.1) is 5.52 Å². The van der Waals surface area contributed by atoms with E-state index in [0.717, 1.165) is 36.1 Å². The Morgan fingerprint density at radius 3 is 2.38 bits per heavy atom. The van der Waals surface area contributed by atoms with Gasteiger partial charge in [-0.1, -0.05) is 36.8 Å². The molecule has 0 atom stereocenters. The Balaban J connectivity index is 1.46. The third kappa shape index (κ3) is 5.76. The van der Waals surface area contributed by atoms with Crippen LogP contribution >= 0.6 is 0 Å². The molecule has 4 aromatic rings. The maximum atomic E-state index is 14.4. The zero-order chi connectivity index (χ0) is 28.2. The summed E-state index contributed by atoms with van der Waals surface area (Å²) in [7, 11) is 0. The third-order valence-electron chi connectivity index (χ3n) is 6.97. The Morgan fingerprint density at radius 1 is 0.925 bits per heavy atom. The average molecular weight is 546 g/mol. The molecule has 2 heterocycles. The fraction of sp³-hybridized carbons (Fsp3) is 0.267. The van der Waals surface area contributed by atoms with Crippen LogP contribution in [0.1, 0.15) is 52.9 Å². The highest BCUT2D eigenvalue weighted by Crippen LogP contribution is 2.32. The van der Waals surface area contributed by atoms with Crippen molar-refractivity contribution in [3.8, 4) is 11.1 Å². The molecule has 0 bridgehead atoms. The number of aromatic nitrogens is 2. The molecule has 4 N–H and O–H groups in total. The van der Waals surface area contributed by atoms with Crippen LogP contribution in [0.3, 0.4) is 0 Å². The van der Waals surface area contributed by atoms with E-state index in [1.54, 1.807) is 23.1 Å². The number of nitrogens with zero attached hydrogens (tertiary/aromatic N) is 3. The largest absolute Gasteiger partial charge is 0.461 e. The minimum absolute atomic E-state index is 0.0489. The third-order valence-corrected chi connectivity index (χ3v) is 6.97. The number of fused-ring (bicyclic) bond motifs is 2. The lowest BCUT2D eigenvalue weighted by molar-refractivity contribution is -0.145. The van der Waals surface area contributed by atoms with E-state index in [4.69, 9.17) is 16.2 Å². The number of amides is 1. The molecule has 1 aliphatic heterocycles. The lowest BCUT2D eigenvalue weighted by Gasteiger charge is -2.17. The highest BCUT2D eigenvalue weighted by atomic mass is 19.2. The van der Waals surface area contributed by atoms with Gasteiger partial charge in [0, 0.05) is 30.5 Å². The van der Waals surface area contributed by atoms with Crippen LogP contribution in [0, 0.1) is 11.6 Å². The van der Waals surface area contributed by atoms with Crippen molar-refractivity contribution in [2.24, 2.45) is 5.73 Å². The summed E-state index contributed by atoms with van der Waals surface area (Å²) in [4.78, 5) is 36.0. The molecule has 5 rings (SSSR count). The standard InChI is InChI=1S/C30H29F2N5O3/c31-24-13-21(17-40-27(38)8-2-1-5-11-33)22(14-25(24)32)18-9-10-26-23(12-18)28(36-30(34)35-26)29(39)37-15-19-6-3-4-7-20(19)16-37/h3-4,6-7,9-10,12-14H,1-2,5,8,11,15-17,33H2,(H2,34,35,36). The summed E-state index contributed by atoms with van der Waals surface area (Å²) in [5.74, 6) is -2.91. The lowest BCUT2D eigenvalue weighted by Crippen LogP contribution is -2.27. The van der Waals surface area contributed by atoms with Crippen LogP contribution in [-0.2, 0) is 29.2 Å². The van der Waals surface area contributed by atoms with Crippen LogP contribution < -0.4 is 11.5 Å². The predicted molar refractivity (Wildman–Crippen MR) is 147 cm³/mol. The number of carbonyl (C=O) groups is 2. The molecule has 40 heavy (non-hydrogen) atoms. The highest BCUT2D eigenvalue weighted by Gasteiger charge is 2.27. The SMILES string of the molecule is NCCCCCC(=O)OCc1cc(F)c(F)cc1-c1ccc2nc(N)nc(C(=O)N3Cc4ccccc4C3)c2c1. The minimum atomic E-state index is -1.06. The molecule has 0 fully saturated rings. The first kappa shape index (κ1) is 27.1. The smallest absolute Gasteiger partial charge is 0.306 e. The summed E-state index contributed by atoms with van der Waals surface area (Å²) < 4.78 is 34.0. The van der Waals surface area contributed by atoms with Gasteiger partial charge in [-0.05, 0) is 65.9 Å². The Labute approximate surface area is 230 Å². The summed E-state index contributed by atoms with van der Waals surface area (Å²) >= 11 is 0. The number of nitrogens with two attached hydrogens (primary N) is 2. The monoisotopic (exact) mass is 545 g/mol. The van der Waals surface area contributed by atoms with Crippen LogP contribution in [0.2, 0.25) is 0 Å². The highest BCUT2D eigenvalue weighted by molar-refractivity contribution is 6.06. The van der Waals surface area contributed by atoms with Gasteiger partial charge in [0.25, 0.3) is 5.91 Å². The van der Waals surface area contributed by atoms with Gasteiger partial charge in [-0.15, -0.1) is 0 Å². The molecule has 0 saturated carbocycles. The molecular formula is C30H29F2N5O3. The summed E-state index contributed by atoms with van der Waals surface area (Å²) in [6.45, 7) is 1.18. The Morgan fingerprint density at radius 2 is 1.65 bits per heavy atom. The molecule has 0 radical (unpaired) electrons. The van der Waals surface area contributed by atoms with Crippen LogP contribution in [0.5, 0.6) is 0 Å². The first-order valence-corrected chi connectivity index (χ1v) is 13.1. The van der Waals surface area contributed by atoms with Gasteiger partial charge in [-0.2, -0.15) is 0 Å². The maximum absolute atomic E-state index is 14.4. The number of nitrogen functional groups attached to an aromatic ring is 1. The minimum Gasteiger partial charge on any atom is -0.461 e. The normalized spacial score (nSPS) is 12.5. The summed E-state index contributed by atoms with van der Waals surface area (Å²) in [5, 5.41) is 0.417. The van der Waals surface area contributed by atoms with Crippen LogP contribution in [-0.4, -0.2) is 33.3 Å². The van der Waals surface area contributed by atoms with Crippen LogP contribution in [0.4, 0.5) is 14.7 Å². The average Bonchev–Trinajstić information content (AvgIpc) is 3.39. The Hall–Kier alpha value is -4.44. The van der Waals surface area contributed by atoms with Gasteiger partial charge in [-0.25, -0.2) is 18.7 Å². The number of rotatable bonds is 9. The number of hydrogen-bond donors (Lipinski definition) is 2. The second-order valence-corrected chi connectivity index (χ2v) is 9.78. The van der Waals surface area contributed by atoms with E-state index < -0.39 is 17.6 Å². The molecule has 0 aliphatic carbocycles. The lowest BCUT2D eigenvalue weighted by atomic mass is 9.97. The molecule has 1 amide bonds. The van der Waals surface area contributed by atoms with Crippen molar-refractivity contribution in [1.29, 1.82) is 0 Å². The molecule has 3 aromatic carbocycles. The van der Waals surface area contributed by atoms with E-state index in [1.807, 2.05) is 24.3 Å². The number of halogens is 2. The van der Waals surface area contributed by atoms with Crippen molar-refractivity contribution in [3.05, 3.63) is 88.6 Å². The Kier molecular flexibility index (Phi) is 7.97. The van der Waals surface area contributed by atoms with Crippen molar-refractivity contribution in [1.82, 2.24) is 14.9 Å². The number of hydrogen-bond acceptors (Lipinski definition) is 7. The quantitative estimate of drug-likeness (QED) is 0.227. The maximum Gasteiger partial charge on any atom is 0.306 e. The molecule has 0 unspecified atom stereocenters. The van der Waals surface area contributed by atoms with Crippen molar-refractivity contribution >= 4 is 28.7 Å². The molecule has 0 saturated heterocycles. The number of carbonyl (C=O) groups excluding carboxylic acids is 2. The number of benzene rings is 3. The van der Waals surface area contributed by atoms with Gasteiger partial charge < -0.3 is 21.1 Å². The van der Waals surface area contributed by atoms with Gasteiger partial charge in [0.1, 0.15) is 12.3 Å². The predicted octanol–water partition coefficient (Wildman–Crippen LogP) is 4.88. The molecule has 0 spiro atoms. The Bertz CT molecular complexity index is 1570.